The van der Waals surface area contributed by atoms with E-state index in [0.717, 1.165) is 24.3 Å². The van der Waals surface area contributed by atoms with Crippen molar-refractivity contribution in [2.45, 2.75) is 76.0 Å². The molecular formula is C25H32F3N5O4S. The molecule has 3 rings (SSSR count). The molecule has 2 atom stereocenters. The third kappa shape index (κ3) is 9.86. The van der Waals surface area contributed by atoms with Crippen molar-refractivity contribution in [2.75, 3.05) is 5.32 Å². The lowest BCUT2D eigenvalue weighted by Gasteiger charge is -2.35. The number of hydrogen-bond donors (Lipinski definition) is 4. The van der Waals surface area contributed by atoms with Crippen LogP contribution in [-0.4, -0.2) is 51.3 Å². The lowest BCUT2D eigenvalue weighted by molar-refractivity contribution is -0.192. The second-order valence-corrected chi connectivity index (χ2v) is 10.1. The number of aliphatic carboxylic acids is 1. The number of hydrogen-bond acceptors (Lipinski definition) is 7. The molecule has 1 aliphatic rings. The van der Waals surface area contributed by atoms with Crippen LogP contribution in [0.4, 0.5) is 18.3 Å². The first-order chi connectivity index (χ1) is 17.8. The number of nitrogens with one attached hydrogen (secondary N) is 2. The Morgan fingerprint density at radius 2 is 1.84 bits per heavy atom. The number of benzene rings is 1. The average Bonchev–Trinajstić information content (AvgIpc) is 3.32. The van der Waals surface area contributed by atoms with Gasteiger partial charge in [0.2, 0.25) is 16.9 Å². The molecule has 0 bridgehead atoms. The summed E-state index contributed by atoms with van der Waals surface area (Å²) in [7, 11) is 0. The topological polar surface area (TPSA) is 147 Å². The molecule has 5 N–H and O–H groups in total. The number of nitrogens with zero attached hydrogens (tertiary/aromatic N) is 2. The van der Waals surface area contributed by atoms with Crippen LogP contribution in [0.1, 0.15) is 56.5 Å². The Balaban J connectivity index is 0.000000638. The monoisotopic (exact) mass is 555 g/mol. The van der Waals surface area contributed by atoms with E-state index in [0.29, 0.717) is 18.0 Å². The highest BCUT2D eigenvalue weighted by Gasteiger charge is 2.38. The van der Waals surface area contributed by atoms with Gasteiger partial charge in [-0.25, -0.2) is 4.79 Å². The molecule has 2 aromatic rings. The summed E-state index contributed by atoms with van der Waals surface area (Å²) in [4.78, 5) is 33.6. The van der Waals surface area contributed by atoms with Crippen LogP contribution in [0.2, 0.25) is 0 Å². The molecule has 13 heteroatoms. The number of nitrogens with two attached hydrogens (primary N) is 1. The van der Waals surface area contributed by atoms with Crippen LogP contribution in [0.25, 0.3) is 0 Å². The maximum Gasteiger partial charge on any atom is 0.490 e. The minimum atomic E-state index is -5.08. The van der Waals surface area contributed by atoms with Crippen LogP contribution < -0.4 is 16.4 Å². The average molecular weight is 556 g/mol. The third-order valence-corrected chi connectivity index (χ3v) is 7.19. The molecule has 38 heavy (non-hydrogen) atoms. The van der Waals surface area contributed by atoms with Gasteiger partial charge in [-0.05, 0) is 37.7 Å². The first kappa shape index (κ1) is 30.9. The number of anilines is 1. The Labute approximate surface area is 222 Å². The highest BCUT2D eigenvalue weighted by Crippen LogP contribution is 2.44. The first-order valence-electron chi connectivity index (χ1n) is 12.1. The van der Waals surface area contributed by atoms with E-state index in [1.807, 2.05) is 37.3 Å². The Morgan fingerprint density at radius 3 is 2.37 bits per heavy atom. The molecule has 2 amide bonds. The van der Waals surface area contributed by atoms with Crippen LogP contribution >= 0.6 is 11.3 Å². The summed E-state index contributed by atoms with van der Waals surface area (Å²) in [5, 5.41) is 22.7. The van der Waals surface area contributed by atoms with E-state index in [4.69, 9.17) is 15.6 Å². The summed E-state index contributed by atoms with van der Waals surface area (Å²) in [6.07, 6.45) is 3.50. The van der Waals surface area contributed by atoms with Crippen molar-refractivity contribution in [3.63, 3.8) is 0 Å². The van der Waals surface area contributed by atoms with E-state index in [2.05, 4.69) is 27.8 Å². The van der Waals surface area contributed by atoms with Crippen LogP contribution in [0.15, 0.2) is 42.5 Å². The second-order valence-electron chi connectivity index (χ2n) is 9.13. The number of carbonyl (C=O) groups excluding carboxylic acids is 2. The van der Waals surface area contributed by atoms with E-state index < -0.39 is 18.2 Å². The SMILES string of the molecule is CC[C@H](N)C(=O)N[C@H](/C=C/C(=O)Nc1nnc(C2(C)CCC2)s1)CCc1ccccc1.O=C(O)C(F)(F)F. The van der Waals surface area contributed by atoms with Gasteiger partial charge in [0.05, 0.1) is 6.04 Å². The van der Waals surface area contributed by atoms with Gasteiger partial charge in [0.25, 0.3) is 0 Å². The quantitative estimate of drug-likeness (QED) is 0.325. The van der Waals surface area contributed by atoms with Crippen molar-refractivity contribution in [2.24, 2.45) is 5.73 Å². The van der Waals surface area contributed by atoms with Gasteiger partial charge in [-0.2, -0.15) is 13.2 Å². The van der Waals surface area contributed by atoms with E-state index >= 15 is 0 Å². The number of amides is 2. The zero-order valence-corrected chi connectivity index (χ0v) is 21.9. The molecule has 1 fully saturated rings. The van der Waals surface area contributed by atoms with Gasteiger partial charge in [-0.3, -0.25) is 14.9 Å². The number of carboxylic acids is 1. The minimum absolute atomic E-state index is 0.0986. The fourth-order valence-electron chi connectivity index (χ4n) is 3.45. The normalized spacial score (nSPS) is 15.9. The number of carboxylic acid groups (broad SMARTS) is 1. The van der Waals surface area contributed by atoms with Gasteiger partial charge in [0.1, 0.15) is 5.01 Å². The largest absolute Gasteiger partial charge is 0.490 e. The van der Waals surface area contributed by atoms with E-state index in [-0.39, 0.29) is 23.3 Å². The number of carbonyl (C=O) groups is 3. The Morgan fingerprint density at radius 1 is 1.21 bits per heavy atom. The number of aromatic nitrogens is 2. The second kappa shape index (κ2) is 14.0. The standard InChI is InChI=1S/C23H31N5O2S.C2HF3O2/c1-3-18(24)20(30)25-17(11-10-16-8-5-4-6-9-16)12-13-19(29)26-22-28-27-21(31-22)23(2)14-7-15-23;3-2(4,5)1(6)7/h4-6,8-9,12-13,17-18H,3,7,10-11,14-15,24H2,1-2H3,(H,25,30)(H,26,28,29);(H,6,7)/b13-12+;/t17-,18-;/m0./s1. The predicted molar refractivity (Wildman–Crippen MR) is 138 cm³/mol. The molecule has 1 aromatic carbocycles. The van der Waals surface area contributed by atoms with Crippen molar-refractivity contribution in [3.05, 3.63) is 53.1 Å². The highest BCUT2D eigenvalue weighted by molar-refractivity contribution is 7.15. The maximum atomic E-state index is 12.4. The molecule has 1 saturated carbocycles. The fraction of sp³-hybridized carbons (Fsp3) is 0.480. The fourth-order valence-corrected chi connectivity index (χ4v) is 4.40. The van der Waals surface area contributed by atoms with Crippen molar-refractivity contribution in [1.82, 2.24) is 15.5 Å². The zero-order chi connectivity index (χ0) is 28.3. The molecule has 208 valence electrons. The lowest BCUT2D eigenvalue weighted by Crippen LogP contribution is -2.44. The Hall–Kier alpha value is -3.32. The van der Waals surface area contributed by atoms with Crippen LogP contribution in [-0.2, 0) is 26.2 Å². The van der Waals surface area contributed by atoms with Crippen molar-refractivity contribution < 1.29 is 32.7 Å². The van der Waals surface area contributed by atoms with E-state index in [1.165, 1.54) is 29.4 Å². The van der Waals surface area contributed by atoms with Crippen LogP contribution in [0.5, 0.6) is 0 Å². The number of aryl methyl sites for hydroxylation is 1. The summed E-state index contributed by atoms with van der Waals surface area (Å²) >= 11 is 1.43. The van der Waals surface area contributed by atoms with Crippen LogP contribution in [0.3, 0.4) is 0 Å². The summed E-state index contributed by atoms with van der Waals surface area (Å²) in [6.45, 7) is 4.05. The van der Waals surface area contributed by atoms with Crippen molar-refractivity contribution >= 4 is 34.3 Å². The Bertz CT molecular complexity index is 1100. The summed E-state index contributed by atoms with van der Waals surface area (Å²) in [5.41, 5.74) is 7.12. The molecule has 0 saturated heterocycles. The molecule has 1 heterocycles. The smallest absolute Gasteiger partial charge is 0.475 e. The molecule has 0 aliphatic heterocycles. The Kier molecular flexibility index (Phi) is 11.4. The lowest BCUT2D eigenvalue weighted by atomic mass is 9.71. The van der Waals surface area contributed by atoms with Gasteiger partial charge in [-0.1, -0.05) is 68.0 Å². The number of halogens is 3. The molecule has 1 aromatic heterocycles. The third-order valence-electron chi connectivity index (χ3n) is 6.04. The predicted octanol–water partition coefficient (Wildman–Crippen LogP) is 3.96. The molecule has 1 aliphatic carbocycles. The summed E-state index contributed by atoms with van der Waals surface area (Å²) in [6, 6.07) is 9.17. The van der Waals surface area contributed by atoms with Crippen molar-refractivity contribution in [3.8, 4) is 0 Å². The molecule has 0 radical (unpaired) electrons. The van der Waals surface area contributed by atoms with Gasteiger partial charge < -0.3 is 16.2 Å². The molecular weight excluding hydrogens is 523 g/mol. The highest BCUT2D eigenvalue weighted by atomic mass is 32.1. The number of rotatable bonds is 10. The molecule has 9 nitrogen and oxygen atoms in total. The van der Waals surface area contributed by atoms with Gasteiger partial charge >= 0.3 is 12.1 Å². The number of alkyl halides is 3. The summed E-state index contributed by atoms with van der Waals surface area (Å²) in [5.74, 6) is -3.26. The molecule has 0 spiro atoms. The van der Waals surface area contributed by atoms with Gasteiger partial charge in [-0.15, -0.1) is 10.2 Å². The van der Waals surface area contributed by atoms with Gasteiger partial charge in [0.15, 0.2) is 0 Å². The maximum absolute atomic E-state index is 12.4. The zero-order valence-electron chi connectivity index (χ0n) is 21.1. The van der Waals surface area contributed by atoms with Gasteiger partial charge in [0, 0.05) is 17.5 Å². The molecule has 0 unspecified atom stereocenters. The van der Waals surface area contributed by atoms with Crippen molar-refractivity contribution in [1.29, 1.82) is 0 Å². The van der Waals surface area contributed by atoms with E-state index in [1.54, 1.807) is 6.08 Å². The first-order valence-corrected chi connectivity index (χ1v) is 12.9. The minimum Gasteiger partial charge on any atom is -0.475 e. The van der Waals surface area contributed by atoms with E-state index in [9.17, 15) is 22.8 Å². The summed E-state index contributed by atoms with van der Waals surface area (Å²) < 4.78 is 31.7. The van der Waals surface area contributed by atoms with Crippen LogP contribution in [0, 0.1) is 0 Å².